The molecule has 4 aromatic carbocycles. The number of rotatable bonds is 7. The van der Waals surface area contributed by atoms with Crippen LogP contribution in [0, 0.1) is 0 Å². The van der Waals surface area contributed by atoms with Gasteiger partial charge in [-0.1, -0.05) is 60.7 Å². The summed E-state index contributed by atoms with van der Waals surface area (Å²) in [6.45, 7) is 0.263. The fraction of sp³-hybridized carbons (Fsp3) is 0.107. The lowest BCUT2D eigenvalue weighted by molar-refractivity contribution is -0.118. The predicted molar refractivity (Wildman–Crippen MR) is 137 cm³/mol. The van der Waals surface area contributed by atoms with E-state index in [0.29, 0.717) is 24.4 Å². The van der Waals surface area contributed by atoms with E-state index >= 15 is 0 Å². The van der Waals surface area contributed by atoms with Crippen molar-refractivity contribution < 1.29 is 17.9 Å². The number of nitrogens with one attached hydrogen (secondary N) is 1. The average molecular weight is 485 g/mol. The van der Waals surface area contributed by atoms with Crippen molar-refractivity contribution in [3.05, 3.63) is 109 Å². The molecule has 0 fully saturated rings. The third-order valence-corrected chi connectivity index (χ3v) is 7.73. The molecule has 1 aliphatic rings. The van der Waals surface area contributed by atoms with Gasteiger partial charge >= 0.3 is 0 Å². The summed E-state index contributed by atoms with van der Waals surface area (Å²) in [5.74, 6) is 0.258. The van der Waals surface area contributed by atoms with E-state index in [1.807, 2.05) is 78.9 Å². The summed E-state index contributed by atoms with van der Waals surface area (Å²) >= 11 is 0. The maximum atomic E-state index is 13.1. The number of hydrogen-bond acceptors (Lipinski definition) is 4. The SMILES string of the molecule is O=C(COc1ccc(-c2ccccc2)cc1)Nc1ccc(S(=O)(=O)N2CCc3ccccc32)cc1. The summed E-state index contributed by atoms with van der Waals surface area (Å²) in [7, 11) is -3.67. The highest BCUT2D eigenvalue weighted by Gasteiger charge is 2.30. The van der Waals surface area contributed by atoms with Crippen LogP contribution < -0.4 is 14.4 Å². The van der Waals surface area contributed by atoms with Crippen LogP contribution >= 0.6 is 0 Å². The maximum absolute atomic E-state index is 13.1. The van der Waals surface area contributed by atoms with Crippen LogP contribution in [0.15, 0.2) is 108 Å². The topological polar surface area (TPSA) is 75.7 Å². The highest BCUT2D eigenvalue weighted by Crippen LogP contribution is 2.32. The molecular formula is C28H24N2O4S. The van der Waals surface area contributed by atoms with Gasteiger partial charge in [0.15, 0.2) is 6.61 Å². The van der Waals surface area contributed by atoms with Gasteiger partial charge in [0, 0.05) is 12.2 Å². The summed E-state index contributed by atoms with van der Waals surface area (Å²) in [4.78, 5) is 12.5. The zero-order valence-corrected chi connectivity index (χ0v) is 19.7. The van der Waals surface area contributed by atoms with E-state index in [2.05, 4.69) is 5.32 Å². The van der Waals surface area contributed by atoms with Gasteiger partial charge in [0.05, 0.1) is 10.6 Å². The fourth-order valence-electron chi connectivity index (χ4n) is 4.12. The molecule has 1 aliphatic heterocycles. The van der Waals surface area contributed by atoms with E-state index in [1.54, 1.807) is 12.1 Å². The molecule has 0 atom stereocenters. The van der Waals surface area contributed by atoms with Gasteiger partial charge in [0.1, 0.15) is 5.75 Å². The smallest absolute Gasteiger partial charge is 0.264 e. The minimum atomic E-state index is -3.67. The zero-order valence-electron chi connectivity index (χ0n) is 18.9. The number of carbonyl (C=O) groups is 1. The third kappa shape index (κ3) is 4.90. The van der Waals surface area contributed by atoms with Crippen LogP contribution in [-0.2, 0) is 21.2 Å². The zero-order chi connectivity index (χ0) is 24.3. The summed E-state index contributed by atoms with van der Waals surface area (Å²) in [6, 6.07) is 31.3. The van der Waals surface area contributed by atoms with E-state index in [0.717, 1.165) is 22.4 Å². The quantitative estimate of drug-likeness (QED) is 0.395. The van der Waals surface area contributed by atoms with Crippen molar-refractivity contribution in [2.45, 2.75) is 11.3 Å². The van der Waals surface area contributed by atoms with Crippen molar-refractivity contribution >= 4 is 27.3 Å². The van der Waals surface area contributed by atoms with Gasteiger partial charge in [-0.05, 0) is 65.6 Å². The maximum Gasteiger partial charge on any atom is 0.264 e. The molecule has 0 saturated heterocycles. The number of nitrogens with zero attached hydrogens (tertiary/aromatic N) is 1. The second-order valence-corrected chi connectivity index (χ2v) is 10.1. The Hall–Kier alpha value is -4.10. The van der Waals surface area contributed by atoms with E-state index in [9.17, 15) is 13.2 Å². The van der Waals surface area contributed by atoms with Gasteiger partial charge in [0.2, 0.25) is 0 Å². The summed E-state index contributed by atoms with van der Waals surface area (Å²) in [5.41, 5.74) is 4.42. The van der Waals surface area contributed by atoms with Crippen LogP contribution in [0.3, 0.4) is 0 Å². The van der Waals surface area contributed by atoms with Gasteiger partial charge in [-0.2, -0.15) is 0 Å². The average Bonchev–Trinajstić information content (AvgIpc) is 3.34. The molecule has 7 heteroatoms. The van der Waals surface area contributed by atoms with Crippen LogP contribution in [-0.4, -0.2) is 27.5 Å². The molecule has 1 amide bonds. The number of benzene rings is 4. The Labute approximate surface area is 204 Å². The molecule has 0 bridgehead atoms. The molecule has 35 heavy (non-hydrogen) atoms. The highest BCUT2D eigenvalue weighted by molar-refractivity contribution is 7.92. The number of carbonyl (C=O) groups excluding carboxylic acids is 1. The lowest BCUT2D eigenvalue weighted by Crippen LogP contribution is -2.29. The van der Waals surface area contributed by atoms with Gasteiger partial charge in [-0.3, -0.25) is 9.10 Å². The summed E-state index contributed by atoms with van der Waals surface area (Å²) < 4.78 is 33.3. The molecular weight excluding hydrogens is 460 g/mol. The largest absolute Gasteiger partial charge is 0.484 e. The molecule has 1 heterocycles. The molecule has 0 unspecified atom stereocenters. The Balaban J connectivity index is 1.18. The number of fused-ring (bicyclic) bond motifs is 1. The number of para-hydroxylation sites is 1. The molecule has 0 spiro atoms. The van der Waals surface area contributed by atoms with Crippen molar-refractivity contribution in [2.75, 3.05) is 22.8 Å². The van der Waals surface area contributed by atoms with E-state index in [-0.39, 0.29) is 17.4 Å². The van der Waals surface area contributed by atoms with Crippen molar-refractivity contribution in [3.8, 4) is 16.9 Å². The Morgan fingerprint density at radius 1 is 0.800 bits per heavy atom. The van der Waals surface area contributed by atoms with E-state index < -0.39 is 10.0 Å². The van der Waals surface area contributed by atoms with Gasteiger partial charge in [-0.15, -0.1) is 0 Å². The Kier molecular flexibility index (Phi) is 6.25. The number of ether oxygens (including phenoxy) is 1. The molecule has 5 rings (SSSR count). The minimum absolute atomic E-state index is 0.157. The van der Waals surface area contributed by atoms with Gasteiger partial charge in [-0.25, -0.2) is 8.42 Å². The highest BCUT2D eigenvalue weighted by atomic mass is 32.2. The second-order valence-electron chi connectivity index (χ2n) is 8.21. The standard InChI is InChI=1S/C28H24N2O4S/c31-28(20-34-25-14-10-22(11-15-25)21-6-2-1-3-7-21)29-24-12-16-26(17-13-24)35(32,33)30-19-18-23-8-4-5-9-27(23)30/h1-17H,18-20H2,(H,29,31). The van der Waals surface area contributed by atoms with Crippen molar-refractivity contribution in [1.29, 1.82) is 0 Å². The van der Waals surface area contributed by atoms with Crippen LogP contribution in [0.2, 0.25) is 0 Å². The van der Waals surface area contributed by atoms with Crippen LogP contribution in [0.25, 0.3) is 11.1 Å². The van der Waals surface area contributed by atoms with Crippen LogP contribution in [0.1, 0.15) is 5.56 Å². The Morgan fingerprint density at radius 2 is 1.46 bits per heavy atom. The molecule has 0 radical (unpaired) electrons. The number of amides is 1. The van der Waals surface area contributed by atoms with Gasteiger partial charge in [0.25, 0.3) is 15.9 Å². The predicted octanol–water partition coefficient (Wildman–Crippen LogP) is 5.12. The summed E-state index contributed by atoms with van der Waals surface area (Å²) in [6.07, 6.45) is 0.693. The van der Waals surface area contributed by atoms with E-state index in [1.165, 1.54) is 16.4 Å². The molecule has 0 saturated carbocycles. The lowest BCUT2D eigenvalue weighted by atomic mass is 10.1. The number of sulfonamides is 1. The van der Waals surface area contributed by atoms with Crippen molar-refractivity contribution in [3.63, 3.8) is 0 Å². The first-order valence-corrected chi connectivity index (χ1v) is 12.7. The van der Waals surface area contributed by atoms with Crippen molar-refractivity contribution in [1.82, 2.24) is 0 Å². The second kappa shape index (κ2) is 9.64. The fourth-order valence-corrected chi connectivity index (χ4v) is 5.62. The molecule has 0 aromatic heterocycles. The monoisotopic (exact) mass is 484 g/mol. The molecule has 4 aromatic rings. The molecule has 0 aliphatic carbocycles. The normalized spacial score (nSPS) is 12.7. The minimum Gasteiger partial charge on any atom is -0.484 e. The number of hydrogen-bond donors (Lipinski definition) is 1. The first-order chi connectivity index (χ1) is 17.0. The lowest BCUT2D eigenvalue weighted by Gasteiger charge is -2.19. The Bertz CT molecular complexity index is 1430. The van der Waals surface area contributed by atoms with Crippen LogP contribution in [0.4, 0.5) is 11.4 Å². The molecule has 6 nitrogen and oxygen atoms in total. The Morgan fingerprint density at radius 3 is 2.20 bits per heavy atom. The first kappa shape index (κ1) is 22.7. The molecule has 1 N–H and O–H groups in total. The van der Waals surface area contributed by atoms with Crippen molar-refractivity contribution in [2.24, 2.45) is 0 Å². The molecule has 176 valence electrons. The van der Waals surface area contributed by atoms with E-state index in [4.69, 9.17) is 4.74 Å². The third-order valence-electron chi connectivity index (χ3n) is 5.90. The van der Waals surface area contributed by atoms with Gasteiger partial charge < -0.3 is 10.1 Å². The summed E-state index contributed by atoms with van der Waals surface area (Å²) in [5, 5.41) is 2.74. The number of anilines is 2. The van der Waals surface area contributed by atoms with Crippen LogP contribution in [0.5, 0.6) is 5.75 Å². The first-order valence-electron chi connectivity index (χ1n) is 11.3.